The number of aromatic nitrogens is 2. The third-order valence-corrected chi connectivity index (χ3v) is 5.29. The number of benzene rings is 1. The Hall–Kier alpha value is -0.780. The highest BCUT2D eigenvalue weighted by Crippen LogP contribution is 2.38. The first-order valence-corrected chi connectivity index (χ1v) is 8.72. The van der Waals surface area contributed by atoms with Crippen molar-refractivity contribution in [3.63, 3.8) is 0 Å². The largest absolute Gasteiger partial charge is 0.460 e. The van der Waals surface area contributed by atoms with Crippen molar-refractivity contribution < 1.29 is 9.53 Å². The Balaban J connectivity index is 2.09. The van der Waals surface area contributed by atoms with E-state index >= 15 is 0 Å². The van der Waals surface area contributed by atoms with E-state index in [0.29, 0.717) is 14.8 Å². The highest BCUT2D eigenvalue weighted by Gasteiger charge is 2.31. The van der Waals surface area contributed by atoms with Gasteiger partial charge in [-0.1, -0.05) is 29.6 Å². The van der Waals surface area contributed by atoms with E-state index in [1.165, 1.54) is 6.92 Å². The van der Waals surface area contributed by atoms with Crippen LogP contribution in [0.3, 0.4) is 0 Å². The molecule has 1 aromatic heterocycles. The lowest BCUT2D eigenvalue weighted by Gasteiger charge is -2.32. The van der Waals surface area contributed by atoms with Gasteiger partial charge in [-0.25, -0.2) is 4.98 Å². The number of hydrogen-bond donors (Lipinski definition) is 0. The third-order valence-electron chi connectivity index (χ3n) is 4.01. The summed E-state index contributed by atoms with van der Waals surface area (Å²) in [7, 11) is 0. The molecule has 0 radical (unpaired) electrons. The summed E-state index contributed by atoms with van der Waals surface area (Å²) in [5.74, 6) is -0.251. The maximum absolute atomic E-state index is 11.4. The number of esters is 1. The Bertz CT molecular complexity index is 732. The van der Waals surface area contributed by atoms with Crippen LogP contribution in [0.2, 0.25) is 10.0 Å². The van der Waals surface area contributed by atoms with Gasteiger partial charge in [-0.2, -0.15) is 0 Å². The van der Waals surface area contributed by atoms with Gasteiger partial charge in [0.05, 0.1) is 27.1 Å². The second-order valence-corrected chi connectivity index (χ2v) is 7.03. The van der Waals surface area contributed by atoms with Crippen molar-refractivity contribution in [1.82, 2.24) is 9.55 Å². The minimum absolute atomic E-state index is 0.0502. The van der Waals surface area contributed by atoms with Crippen molar-refractivity contribution in [1.29, 1.82) is 0 Å². The maximum Gasteiger partial charge on any atom is 0.302 e. The smallest absolute Gasteiger partial charge is 0.302 e. The number of carbonyl (C=O) groups excluding carboxylic acids is 1. The van der Waals surface area contributed by atoms with E-state index in [2.05, 4.69) is 25.5 Å². The molecule has 0 saturated heterocycles. The number of carbonyl (C=O) groups is 1. The van der Waals surface area contributed by atoms with Gasteiger partial charge in [0.1, 0.15) is 6.10 Å². The Morgan fingerprint density at radius 2 is 2.00 bits per heavy atom. The first-order valence-electron chi connectivity index (χ1n) is 7.17. The predicted octanol–water partition coefficient (Wildman–Crippen LogP) is 5.15. The molecular weight excluding hydrogens is 391 g/mol. The van der Waals surface area contributed by atoms with Gasteiger partial charge in [-0.05, 0) is 47.3 Å². The molecule has 22 heavy (non-hydrogen) atoms. The fraction of sp³-hybridized carbons (Fsp3) is 0.467. The van der Waals surface area contributed by atoms with Crippen LogP contribution < -0.4 is 0 Å². The summed E-state index contributed by atoms with van der Waals surface area (Å²) in [5, 5.41) is 0.967. The predicted molar refractivity (Wildman–Crippen MR) is 90.5 cm³/mol. The van der Waals surface area contributed by atoms with Gasteiger partial charge >= 0.3 is 5.97 Å². The topological polar surface area (TPSA) is 44.1 Å². The van der Waals surface area contributed by atoms with E-state index in [1.807, 2.05) is 6.07 Å². The van der Waals surface area contributed by atoms with Crippen LogP contribution in [-0.2, 0) is 9.53 Å². The van der Waals surface area contributed by atoms with E-state index in [4.69, 9.17) is 27.9 Å². The SMILES string of the molecule is CC(=O)O[C@H]1CCCC[C@@H]1n1c(Br)nc2cc(Cl)c(Cl)cc21. The lowest BCUT2D eigenvalue weighted by atomic mass is 9.92. The second kappa shape index (κ2) is 6.38. The van der Waals surface area contributed by atoms with Crippen molar-refractivity contribution in [2.75, 3.05) is 0 Å². The van der Waals surface area contributed by atoms with Crippen molar-refractivity contribution in [2.45, 2.75) is 44.8 Å². The number of ether oxygens (including phenoxy) is 1. The van der Waals surface area contributed by atoms with E-state index in [0.717, 1.165) is 36.7 Å². The van der Waals surface area contributed by atoms with E-state index in [1.54, 1.807) is 6.07 Å². The van der Waals surface area contributed by atoms with Gasteiger partial charge in [-0.3, -0.25) is 4.79 Å². The Morgan fingerprint density at radius 1 is 1.32 bits per heavy atom. The summed E-state index contributed by atoms with van der Waals surface area (Å²) in [6.07, 6.45) is 3.80. The standard InChI is InChI=1S/C15H15BrCl2N2O2/c1-8(21)22-14-5-3-2-4-12(14)20-13-7-10(18)9(17)6-11(13)19-15(20)16/h6-7,12,14H,2-5H2,1H3/t12-,14-/m0/s1. The molecule has 4 nitrogen and oxygen atoms in total. The summed E-state index contributed by atoms with van der Waals surface area (Å²) < 4.78 is 8.28. The normalized spacial score (nSPS) is 22.0. The van der Waals surface area contributed by atoms with Crippen LogP contribution in [0.15, 0.2) is 16.9 Å². The fourth-order valence-electron chi connectivity index (χ4n) is 3.10. The third kappa shape index (κ3) is 2.99. The van der Waals surface area contributed by atoms with Crippen molar-refractivity contribution in [2.24, 2.45) is 0 Å². The van der Waals surface area contributed by atoms with Crippen LogP contribution in [-0.4, -0.2) is 21.6 Å². The molecule has 1 aliphatic carbocycles. The van der Waals surface area contributed by atoms with E-state index in [9.17, 15) is 4.79 Å². The highest BCUT2D eigenvalue weighted by molar-refractivity contribution is 9.10. The van der Waals surface area contributed by atoms with Crippen LogP contribution >= 0.6 is 39.1 Å². The molecule has 1 fully saturated rings. The molecule has 0 amide bonds. The number of nitrogens with zero attached hydrogens (tertiary/aromatic N) is 2. The molecule has 1 aromatic carbocycles. The molecule has 1 aliphatic rings. The summed E-state index contributed by atoms with van der Waals surface area (Å²) in [5.41, 5.74) is 1.67. The lowest BCUT2D eigenvalue weighted by molar-refractivity contribution is -0.150. The summed E-state index contributed by atoms with van der Waals surface area (Å²) in [4.78, 5) is 15.9. The van der Waals surface area contributed by atoms with Gasteiger partial charge in [0.15, 0.2) is 4.73 Å². The molecule has 0 spiro atoms. The molecule has 0 N–H and O–H groups in total. The molecule has 0 bridgehead atoms. The average Bonchev–Trinajstić information content (AvgIpc) is 2.75. The van der Waals surface area contributed by atoms with Gasteiger partial charge in [-0.15, -0.1) is 0 Å². The zero-order valence-electron chi connectivity index (χ0n) is 12.0. The quantitative estimate of drug-likeness (QED) is 0.648. The molecule has 118 valence electrons. The average molecular weight is 406 g/mol. The molecule has 2 atom stereocenters. The van der Waals surface area contributed by atoms with Crippen LogP contribution in [0.4, 0.5) is 0 Å². The van der Waals surface area contributed by atoms with E-state index in [-0.39, 0.29) is 18.1 Å². The summed E-state index contributed by atoms with van der Waals surface area (Å²) >= 11 is 15.7. The molecule has 7 heteroatoms. The molecule has 1 heterocycles. The highest BCUT2D eigenvalue weighted by atomic mass is 79.9. The second-order valence-electron chi connectivity index (χ2n) is 5.51. The molecular formula is C15H15BrCl2N2O2. The Morgan fingerprint density at radius 3 is 2.73 bits per heavy atom. The zero-order valence-corrected chi connectivity index (χ0v) is 15.1. The minimum atomic E-state index is -0.251. The van der Waals surface area contributed by atoms with Crippen LogP contribution in [0.1, 0.15) is 38.6 Å². The first-order chi connectivity index (χ1) is 10.5. The number of imidazole rings is 1. The molecule has 0 aliphatic heterocycles. The molecule has 1 saturated carbocycles. The first kappa shape index (κ1) is 16.1. The monoisotopic (exact) mass is 404 g/mol. The van der Waals surface area contributed by atoms with Crippen LogP contribution in [0.5, 0.6) is 0 Å². The van der Waals surface area contributed by atoms with Gasteiger partial charge in [0.25, 0.3) is 0 Å². The number of halogens is 3. The van der Waals surface area contributed by atoms with Gasteiger partial charge in [0.2, 0.25) is 0 Å². The molecule has 3 rings (SSSR count). The minimum Gasteiger partial charge on any atom is -0.460 e. The summed E-state index contributed by atoms with van der Waals surface area (Å²) in [6.45, 7) is 1.45. The van der Waals surface area contributed by atoms with Gasteiger partial charge in [0, 0.05) is 6.92 Å². The van der Waals surface area contributed by atoms with Crippen molar-refractivity contribution in [3.05, 3.63) is 26.9 Å². The Labute approximate surface area is 146 Å². The van der Waals surface area contributed by atoms with Crippen molar-refractivity contribution >= 4 is 56.1 Å². The van der Waals surface area contributed by atoms with Crippen LogP contribution in [0.25, 0.3) is 11.0 Å². The maximum atomic E-state index is 11.4. The van der Waals surface area contributed by atoms with E-state index < -0.39 is 0 Å². The molecule has 2 aromatic rings. The zero-order chi connectivity index (χ0) is 15.9. The molecule has 0 unspecified atom stereocenters. The van der Waals surface area contributed by atoms with Crippen LogP contribution in [0, 0.1) is 0 Å². The lowest BCUT2D eigenvalue weighted by Crippen LogP contribution is -2.31. The Kier molecular flexibility index (Phi) is 4.67. The van der Waals surface area contributed by atoms with Crippen molar-refractivity contribution in [3.8, 4) is 0 Å². The number of rotatable bonds is 2. The summed E-state index contributed by atoms with van der Waals surface area (Å²) in [6, 6.07) is 3.62. The fourth-order valence-corrected chi connectivity index (χ4v) is 4.06. The van der Waals surface area contributed by atoms with Gasteiger partial charge < -0.3 is 9.30 Å². The number of hydrogen-bond acceptors (Lipinski definition) is 3. The number of fused-ring (bicyclic) bond motifs is 1.